The second-order valence-corrected chi connectivity index (χ2v) is 10.2. The summed E-state index contributed by atoms with van der Waals surface area (Å²) in [5.41, 5.74) is 1.91. The number of fused-ring (bicyclic) bond motifs is 1. The van der Waals surface area contributed by atoms with Crippen LogP contribution in [0.15, 0.2) is 36.5 Å². The van der Waals surface area contributed by atoms with E-state index in [1.54, 1.807) is 6.08 Å². The lowest BCUT2D eigenvalue weighted by Gasteiger charge is -2.28. The predicted molar refractivity (Wildman–Crippen MR) is 116 cm³/mol. The van der Waals surface area contributed by atoms with Crippen molar-refractivity contribution in [2.75, 3.05) is 24.6 Å². The fourth-order valence-corrected chi connectivity index (χ4v) is 6.51. The van der Waals surface area contributed by atoms with E-state index in [-0.39, 0.29) is 29.5 Å². The molecule has 2 aromatic rings. The molecule has 1 aromatic heterocycles. The first-order valence-corrected chi connectivity index (χ1v) is 12.2. The fourth-order valence-electron chi connectivity index (χ4n) is 4.56. The van der Waals surface area contributed by atoms with E-state index < -0.39 is 9.84 Å². The Hall–Kier alpha value is -2.63. The molecule has 0 bridgehead atoms. The number of aromatic nitrogens is 1. The van der Waals surface area contributed by atoms with E-state index in [4.69, 9.17) is 5.26 Å². The molecule has 2 saturated heterocycles. The van der Waals surface area contributed by atoms with Gasteiger partial charge in [0.05, 0.1) is 30.0 Å². The van der Waals surface area contributed by atoms with Crippen molar-refractivity contribution in [3.05, 3.63) is 42.1 Å². The summed E-state index contributed by atoms with van der Waals surface area (Å²) in [4.78, 5) is 14.8. The average Bonchev–Trinajstić information content (AvgIpc) is 3.43. The molecule has 2 aliphatic rings. The van der Waals surface area contributed by atoms with E-state index in [0.29, 0.717) is 13.0 Å². The first-order chi connectivity index (χ1) is 14.5. The van der Waals surface area contributed by atoms with Gasteiger partial charge in [-0.1, -0.05) is 18.2 Å². The zero-order chi connectivity index (χ0) is 21.1. The Labute approximate surface area is 176 Å². The number of amides is 1. The minimum Gasteiger partial charge on any atom is -0.347 e. The molecule has 158 valence electrons. The third kappa shape index (κ3) is 4.42. The van der Waals surface area contributed by atoms with Crippen molar-refractivity contribution < 1.29 is 13.2 Å². The summed E-state index contributed by atoms with van der Waals surface area (Å²) in [5, 5.41) is 12.8. The lowest BCUT2D eigenvalue weighted by atomic mass is 10.1. The molecular weight excluding hydrogens is 400 g/mol. The summed E-state index contributed by atoms with van der Waals surface area (Å²) in [7, 11) is -3.14. The van der Waals surface area contributed by atoms with Crippen molar-refractivity contribution in [2.45, 2.75) is 37.9 Å². The number of carbonyl (C=O) groups excluding carboxylic acids is 1. The quantitative estimate of drug-likeness (QED) is 0.713. The number of para-hydroxylation sites is 1. The first kappa shape index (κ1) is 20.6. The largest absolute Gasteiger partial charge is 0.347 e. The summed E-state index contributed by atoms with van der Waals surface area (Å²) in [6.45, 7) is 2.38. The average molecular weight is 427 g/mol. The Morgan fingerprint density at radius 2 is 2.00 bits per heavy atom. The molecule has 8 heteroatoms. The monoisotopic (exact) mass is 426 g/mol. The third-order valence-electron chi connectivity index (χ3n) is 5.96. The van der Waals surface area contributed by atoms with E-state index in [2.05, 4.69) is 16.3 Å². The van der Waals surface area contributed by atoms with Gasteiger partial charge in [-0.05, 0) is 38.1 Å². The number of nitriles is 1. The van der Waals surface area contributed by atoms with Gasteiger partial charge in [0.15, 0.2) is 9.84 Å². The van der Waals surface area contributed by atoms with Crippen molar-refractivity contribution >= 4 is 32.7 Å². The molecular formula is C22H26N4O3S. The number of aryl methyl sites for hydroxylation is 1. The van der Waals surface area contributed by atoms with E-state index in [0.717, 1.165) is 42.4 Å². The molecule has 1 N–H and O–H groups in total. The molecule has 2 unspecified atom stereocenters. The molecule has 2 fully saturated rings. The Morgan fingerprint density at radius 3 is 2.77 bits per heavy atom. The number of sulfone groups is 1. The molecule has 0 saturated carbocycles. The second-order valence-electron chi connectivity index (χ2n) is 8.04. The van der Waals surface area contributed by atoms with Gasteiger partial charge in [0.1, 0.15) is 0 Å². The SMILES string of the molecule is N#CCCn1cc(/C=C/C(=O)NC2CS(=O)(=O)CC2N2CCCC2)c2ccccc21. The summed E-state index contributed by atoms with van der Waals surface area (Å²) in [6.07, 6.45) is 7.74. The predicted octanol–water partition coefficient (Wildman–Crippen LogP) is 1.95. The number of carbonyl (C=O) groups is 1. The van der Waals surface area contributed by atoms with Gasteiger partial charge in [-0.3, -0.25) is 9.69 Å². The van der Waals surface area contributed by atoms with Crippen LogP contribution in [0.25, 0.3) is 17.0 Å². The number of nitrogens with one attached hydrogen (secondary N) is 1. The van der Waals surface area contributed by atoms with Crippen LogP contribution in [0.4, 0.5) is 0 Å². The van der Waals surface area contributed by atoms with Crippen LogP contribution in [0.3, 0.4) is 0 Å². The van der Waals surface area contributed by atoms with Crippen molar-refractivity contribution in [3.8, 4) is 6.07 Å². The van der Waals surface area contributed by atoms with Gasteiger partial charge < -0.3 is 9.88 Å². The molecule has 0 radical (unpaired) electrons. The topological polar surface area (TPSA) is 95.2 Å². The molecule has 4 rings (SSSR count). The zero-order valence-corrected chi connectivity index (χ0v) is 17.6. The Bertz CT molecular complexity index is 1110. The van der Waals surface area contributed by atoms with Gasteiger partial charge >= 0.3 is 0 Å². The normalized spacial score (nSPS) is 23.8. The zero-order valence-electron chi connectivity index (χ0n) is 16.8. The van der Waals surface area contributed by atoms with Gasteiger partial charge in [-0.15, -0.1) is 0 Å². The fraction of sp³-hybridized carbons (Fsp3) is 0.455. The molecule has 2 atom stereocenters. The highest BCUT2D eigenvalue weighted by molar-refractivity contribution is 7.91. The van der Waals surface area contributed by atoms with Crippen molar-refractivity contribution in [3.63, 3.8) is 0 Å². The third-order valence-corrected chi connectivity index (χ3v) is 7.67. The number of hydrogen-bond acceptors (Lipinski definition) is 5. The van der Waals surface area contributed by atoms with Crippen molar-refractivity contribution in [1.29, 1.82) is 5.26 Å². The van der Waals surface area contributed by atoms with Gasteiger partial charge in [0.2, 0.25) is 5.91 Å². The number of likely N-dealkylation sites (tertiary alicyclic amines) is 1. The molecule has 3 heterocycles. The molecule has 0 aliphatic carbocycles. The Kier molecular flexibility index (Phi) is 5.93. The van der Waals surface area contributed by atoms with E-state index in [9.17, 15) is 13.2 Å². The maximum atomic E-state index is 12.6. The maximum absolute atomic E-state index is 12.6. The summed E-state index contributed by atoms with van der Waals surface area (Å²) in [6, 6.07) is 9.52. The van der Waals surface area contributed by atoms with Crippen molar-refractivity contribution in [2.24, 2.45) is 0 Å². The lowest BCUT2D eigenvalue weighted by Crippen LogP contribution is -2.49. The minimum atomic E-state index is -3.14. The number of hydrogen-bond donors (Lipinski definition) is 1. The minimum absolute atomic E-state index is 0.00120. The molecule has 1 aromatic carbocycles. The molecule has 1 amide bonds. The van der Waals surface area contributed by atoms with Crippen LogP contribution in [-0.2, 0) is 21.2 Å². The molecule has 0 spiro atoms. The van der Waals surface area contributed by atoms with Crippen LogP contribution in [0.1, 0.15) is 24.8 Å². The molecule has 30 heavy (non-hydrogen) atoms. The summed E-state index contributed by atoms with van der Waals surface area (Å²) >= 11 is 0. The molecule has 7 nitrogen and oxygen atoms in total. The van der Waals surface area contributed by atoms with E-state index in [1.807, 2.05) is 35.0 Å². The van der Waals surface area contributed by atoms with E-state index >= 15 is 0 Å². The maximum Gasteiger partial charge on any atom is 0.244 e. The van der Waals surface area contributed by atoms with Crippen LogP contribution in [0.5, 0.6) is 0 Å². The first-order valence-electron chi connectivity index (χ1n) is 10.3. The smallest absolute Gasteiger partial charge is 0.244 e. The Balaban J connectivity index is 1.49. The van der Waals surface area contributed by atoms with Crippen LogP contribution in [0.2, 0.25) is 0 Å². The van der Waals surface area contributed by atoms with Gasteiger partial charge in [0, 0.05) is 41.3 Å². The Morgan fingerprint density at radius 1 is 1.23 bits per heavy atom. The van der Waals surface area contributed by atoms with Crippen LogP contribution < -0.4 is 5.32 Å². The highest BCUT2D eigenvalue weighted by atomic mass is 32.2. The van der Waals surface area contributed by atoms with Crippen molar-refractivity contribution in [1.82, 2.24) is 14.8 Å². The van der Waals surface area contributed by atoms with Gasteiger partial charge in [-0.25, -0.2) is 8.42 Å². The van der Waals surface area contributed by atoms with Crippen LogP contribution >= 0.6 is 0 Å². The van der Waals surface area contributed by atoms with Crippen LogP contribution in [-0.4, -0.2) is 60.5 Å². The lowest BCUT2D eigenvalue weighted by molar-refractivity contribution is -0.117. The number of rotatable bonds is 6. The number of benzene rings is 1. The van der Waals surface area contributed by atoms with Crippen LogP contribution in [0, 0.1) is 11.3 Å². The molecule has 2 aliphatic heterocycles. The van der Waals surface area contributed by atoms with Gasteiger partial charge in [0.25, 0.3) is 0 Å². The summed E-state index contributed by atoms with van der Waals surface area (Å²) in [5.74, 6) is -0.162. The number of nitrogens with zero attached hydrogens (tertiary/aromatic N) is 3. The standard InChI is InChI=1S/C22H26N4O3S/c23-10-5-13-26-14-17(18-6-1-2-7-20(18)26)8-9-22(27)24-19-15-30(28,29)16-21(19)25-11-3-4-12-25/h1-2,6-9,14,19,21H,3-5,11-13,15-16H2,(H,24,27)/b9-8+. The van der Waals surface area contributed by atoms with E-state index in [1.165, 1.54) is 6.08 Å². The summed E-state index contributed by atoms with van der Waals surface area (Å²) < 4.78 is 26.4. The highest BCUT2D eigenvalue weighted by Gasteiger charge is 2.42. The van der Waals surface area contributed by atoms with Gasteiger partial charge in [-0.2, -0.15) is 5.26 Å². The highest BCUT2D eigenvalue weighted by Crippen LogP contribution is 2.24. The second kappa shape index (κ2) is 8.62.